The molecule has 1 fully saturated rings. The molecule has 6 heteroatoms. The van der Waals surface area contributed by atoms with E-state index in [1.807, 2.05) is 0 Å². The highest BCUT2D eigenvalue weighted by atomic mass is 35.5. The number of nitrogens with zero attached hydrogens (tertiary/aromatic N) is 2. The van der Waals surface area contributed by atoms with Gasteiger partial charge in [-0.1, -0.05) is 11.6 Å². The van der Waals surface area contributed by atoms with Crippen LogP contribution in [0.25, 0.3) is 0 Å². The average Bonchev–Trinajstić information content (AvgIpc) is 2.73. The fraction of sp³-hybridized carbons (Fsp3) is 0.636. The molecule has 0 aromatic carbocycles. The minimum atomic E-state index is 0.180. The van der Waals surface area contributed by atoms with Gasteiger partial charge in [0.2, 0.25) is 5.95 Å². The molecule has 5 nitrogen and oxygen atoms in total. The SMILES string of the molecule is Nc1nc(Cl)cc(NCC2CCC(CO)C2)n1. The average molecular weight is 257 g/mol. The highest BCUT2D eigenvalue weighted by Crippen LogP contribution is 2.30. The van der Waals surface area contributed by atoms with Crippen LogP contribution >= 0.6 is 11.6 Å². The van der Waals surface area contributed by atoms with Crippen LogP contribution in [0.4, 0.5) is 11.8 Å². The molecule has 94 valence electrons. The number of nitrogen functional groups attached to an aromatic ring is 1. The lowest BCUT2D eigenvalue weighted by Crippen LogP contribution is -2.13. The van der Waals surface area contributed by atoms with Crippen molar-refractivity contribution < 1.29 is 5.11 Å². The summed E-state index contributed by atoms with van der Waals surface area (Å²) in [6.07, 6.45) is 3.32. The first kappa shape index (κ1) is 12.4. The highest BCUT2D eigenvalue weighted by molar-refractivity contribution is 6.29. The molecule has 0 bridgehead atoms. The van der Waals surface area contributed by atoms with Crippen molar-refractivity contribution in [2.75, 3.05) is 24.2 Å². The van der Waals surface area contributed by atoms with Crippen LogP contribution in [0.2, 0.25) is 5.15 Å². The van der Waals surface area contributed by atoms with Crippen LogP contribution in [0.1, 0.15) is 19.3 Å². The van der Waals surface area contributed by atoms with E-state index < -0.39 is 0 Å². The summed E-state index contributed by atoms with van der Waals surface area (Å²) in [6.45, 7) is 1.13. The Hall–Kier alpha value is -1.07. The second-order valence-electron chi connectivity index (χ2n) is 4.54. The van der Waals surface area contributed by atoms with Crippen molar-refractivity contribution in [2.45, 2.75) is 19.3 Å². The second-order valence-corrected chi connectivity index (χ2v) is 4.93. The number of nitrogens with one attached hydrogen (secondary N) is 1. The van der Waals surface area contributed by atoms with Crippen molar-refractivity contribution in [3.8, 4) is 0 Å². The van der Waals surface area contributed by atoms with E-state index in [4.69, 9.17) is 22.4 Å². The number of nitrogens with two attached hydrogens (primary N) is 1. The van der Waals surface area contributed by atoms with Crippen molar-refractivity contribution in [3.63, 3.8) is 0 Å². The van der Waals surface area contributed by atoms with Crippen molar-refractivity contribution in [1.29, 1.82) is 0 Å². The van der Waals surface area contributed by atoms with Gasteiger partial charge in [-0.15, -0.1) is 0 Å². The van der Waals surface area contributed by atoms with Gasteiger partial charge in [-0.3, -0.25) is 0 Å². The maximum absolute atomic E-state index is 9.07. The molecule has 1 aromatic rings. The number of rotatable bonds is 4. The lowest BCUT2D eigenvalue weighted by molar-refractivity contribution is 0.226. The van der Waals surface area contributed by atoms with Crippen LogP contribution in [0, 0.1) is 11.8 Å². The van der Waals surface area contributed by atoms with Gasteiger partial charge in [0.05, 0.1) is 0 Å². The quantitative estimate of drug-likeness (QED) is 0.712. The minimum Gasteiger partial charge on any atom is -0.396 e. The molecule has 1 aromatic heterocycles. The summed E-state index contributed by atoms with van der Waals surface area (Å²) in [6, 6.07) is 1.66. The summed E-state index contributed by atoms with van der Waals surface area (Å²) >= 11 is 5.79. The third-order valence-electron chi connectivity index (χ3n) is 3.19. The predicted molar refractivity (Wildman–Crippen MR) is 67.9 cm³/mol. The van der Waals surface area contributed by atoms with Gasteiger partial charge in [0.15, 0.2) is 0 Å². The van der Waals surface area contributed by atoms with E-state index in [-0.39, 0.29) is 5.95 Å². The normalized spacial score (nSPS) is 23.9. The Morgan fingerprint density at radius 3 is 2.82 bits per heavy atom. The monoisotopic (exact) mass is 256 g/mol. The Morgan fingerprint density at radius 2 is 2.18 bits per heavy atom. The van der Waals surface area contributed by atoms with E-state index >= 15 is 0 Å². The first-order chi connectivity index (χ1) is 8.17. The van der Waals surface area contributed by atoms with Gasteiger partial charge in [-0.2, -0.15) is 4.98 Å². The highest BCUT2D eigenvalue weighted by Gasteiger charge is 2.23. The topological polar surface area (TPSA) is 84.1 Å². The lowest BCUT2D eigenvalue weighted by Gasteiger charge is -2.12. The van der Waals surface area contributed by atoms with Crippen LogP contribution in [-0.4, -0.2) is 28.2 Å². The van der Waals surface area contributed by atoms with Crippen LogP contribution in [0.15, 0.2) is 6.07 Å². The molecule has 2 unspecified atom stereocenters. The molecule has 2 rings (SSSR count). The van der Waals surface area contributed by atoms with E-state index in [0.717, 1.165) is 25.8 Å². The molecule has 4 N–H and O–H groups in total. The molecule has 17 heavy (non-hydrogen) atoms. The van der Waals surface area contributed by atoms with Gasteiger partial charge in [0, 0.05) is 19.2 Å². The second kappa shape index (κ2) is 5.51. The number of hydrogen-bond acceptors (Lipinski definition) is 5. The van der Waals surface area contributed by atoms with E-state index in [1.165, 1.54) is 0 Å². The molecule has 0 amide bonds. The molecule has 0 saturated heterocycles. The molecule has 0 radical (unpaired) electrons. The molecule has 1 saturated carbocycles. The van der Waals surface area contributed by atoms with Gasteiger partial charge in [0.1, 0.15) is 11.0 Å². The van der Waals surface area contributed by atoms with Crippen LogP contribution in [0.3, 0.4) is 0 Å². The van der Waals surface area contributed by atoms with E-state index in [1.54, 1.807) is 6.07 Å². The van der Waals surface area contributed by atoms with Crippen LogP contribution < -0.4 is 11.1 Å². The molecular formula is C11H17ClN4O. The van der Waals surface area contributed by atoms with Crippen LogP contribution in [-0.2, 0) is 0 Å². The maximum Gasteiger partial charge on any atom is 0.223 e. The van der Waals surface area contributed by atoms with Crippen molar-refractivity contribution >= 4 is 23.4 Å². The van der Waals surface area contributed by atoms with Gasteiger partial charge in [-0.05, 0) is 31.1 Å². The number of anilines is 2. The maximum atomic E-state index is 9.07. The van der Waals surface area contributed by atoms with E-state index in [9.17, 15) is 0 Å². The summed E-state index contributed by atoms with van der Waals surface area (Å²) < 4.78 is 0. The first-order valence-corrected chi connectivity index (χ1v) is 6.20. The minimum absolute atomic E-state index is 0.180. The first-order valence-electron chi connectivity index (χ1n) is 5.82. The number of aromatic nitrogens is 2. The molecular weight excluding hydrogens is 240 g/mol. The van der Waals surface area contributed by atoms with Crippen molar-refractivity contribution in [1.82, 2.24) is 9.97 Å². The van der Waals surface area contributed by atoms with E-state index in [0.29, 0.717) is 29.4 Å². The summed E-state index contributed by atoms with van der Waals surface area (Å²) in [5.41, 5.74) is 5.51. The van der Waals surface area contributed by atoms with Gasteiger partial charge in [-0.25, -0.2) is 4.98 Å². The van der Waals surface area contributed by atoms with E-state index in [2.05, 4.69) is 15.3 Å². The van der Waals surface area contributed by atoms with Crippen molar-refractivity contribution in [3.05, 3.63) is 11.2 Å². The summed E-state index contributed by atoms with van der Waals surface area (Å²) in [5.74, 6) is 1.89. The molecule has 1 aliphatic rings. The Morgan fingerprint density at radius 1 is 1.41 bits per heavy atom. The Kier molecular flexibility index (Phi) is 4.02. The Balaban J connectivity index is 1.85. The fourth-order valence-corrected chi connectivity index (χ4v) is 2.49. The lowest BCUT2D eigenvalue weighted by atomic mass is 10.1. The zero-order valence-corrected chi connectivity index (χ0v) is 10.3. The summed E-state index contributed by atoms with van der Waals surface area (Å²) in [4.78, 5) is 7.85. The summed E-state index contributed by atoms with van der Waals surface area (Å²) in [5, 5.41) is 12.6. The number of aliphatic hydroxyl groups is 1. The van der Waals surface area contributed by atoms with Gasteiger partial charge in [0.25, 0.3) is 0 Å². The Bertz CT molecular complexity index is 367. The number of aliphatic hydroxyl groups excluding tert-OH is 1. The standard InChI is InChI=1S/C11H17ClN4O/c12-9-4-10(16-11(13)15-9)14-5-7-1-2-8(3-7)6-17/h4,7-8,17H,1-3,5-6H2,(H3,13,14,15,16). The number of halogens is 1. The molecule has 1 heterocycles. The zero-order valence-electron chi connectivity index (χ0n) is 9.56. The molecule has 0 spiro atoms. The Labute approximate surface area is 105 Å². The summed E-state index contributed by atoms with van der Waals surface area (Å²) in [7, 11) is 0. The predicted octanol–water partition coefficient (Wildman–Crippen LogP) is 1.53. The molecule has 1 aliphatic carbocycles. The smallest absolute Gasteiger partial charge is 0.223 e. The third-order valence-corrected chi connectivity index (χ3v) is 3.39. The molecule has 2 atom stereocenters. The van der Waals surface area contributed by atoms with Gasteiger partial charge >= 0.3 is 0 Å². The third kappa shape index (κ3) is 3.44. The number of hydrogen-bond donors (Lipinski definition) is 3. The zero-order chi connectivity index (χ0) is 12.3. The fourth-order valence-electron chi connectivity index (χ4n) is 2.30. The van der Waals surface area contributed by atoms with Crippen molar-refractivity contribution in [2.24, 2.45) is 11.8 Å². The van der Waals surface area contributed by atoms with Gasteiger partial charge < -0.3 is 16.2 Å². The largest absolute Gasteiger partial charge is 0.396 e. The molecule has 0 aliphatic heterocycles. The van der Waals surface area contributed by atoms with Crippen LogP contribution in [0.5, 0.6) is 0 Å².